The highest BCUT2D eigenvalue weighted by Gasteiger charge is 1.95. The molecule has 0 spiro atoms. The highest BCUT2D eigenvalue weighted by atomic mass is 14.0. The standard InChI is InChI=1S/C30H52/c1-2-4-6-8-10-12-14-16-18-20-22-24-26-28-30-29-27-25-23-21-19-17-15-13-11-9-7-5-3-1/h1-8H,9-30H2/b3-1-,4-2-,7-5?,8-6?. The fourth-order valence-electron chi connectivity index (χ4n) is 4.31. The third kappa shape index (κ3) is 21.7. The predicted molar refractivity (Wildman–Crippen MR) is 138 cm³/mol. The van der Waals surface area contributed by atoms with E-state index in [1.165, 1.54) is 141 Å². The van der Waals surface area contributed by atoms with Crippen molar-refractivity contribution in [1.29, 1.82) is 0 Å². The second kappa shape index (κ2) is 24.2. The van der Waals surface area contributed by atoms with Crippen LogP contribution in [0.25, 0.3) is 0 Å². The van der Waals surface area contributed by atoms with Crippen LogP contribution in [0.1, 0.15) is 141 Å². The summed E-state index contributed by atoms with van der Waals surface area (Å²) in [6.45, 7) is 0. The predicted octanol–water partition coefficient (Wildman–Crippen LogP) is 10.8. The normalized spacial score (nSPS) is 24.0. The van der Waals surface area contributed by atoms with Gasteiger partial charge in [0.1, 0.15) is 0 Å². The number of hydrogen-bond acceptors (Lipinski definition) is 0. The maximum atomic E-state index is 2.32. The van der Waals surface area contributed by atoms with E-state index < -0.39 is 0 Å². The number of hydrogen-bond donors (Lipinski definition) is 0. The highest BCUT2D eigenvalue weighted by Crippen LogP contribution is 2.15. The van der Waals surface area contributed by atoms with Crippen molar-refractivity contribution >= 4 is 0 Å². The minimum atomic E-state index is 1.23. The molecular formula is C30H52. The molecule has 0 aliphatic heterocycles. The van der Waals surface area contributed by atoms with Gasteiger partial charge in [0, 0.05) is 0 Å². The van der Waals surface area contributed by atoms with Gasteiger partial charge < -0.3 is 0 Å². The van der Waals surface area contributed by atoms with E-state index in [4.69, 9.17) is 0 Å². The quantitative estimate of drug-likeness (QED) is 0.371. The molecule has 0 radical (unpaired) electrons. The third-order valence-corrected chi connectivity index (χ3v) is 6.32. The summed E-state index contributed by atoms with van der Waals surface area (Å²) in [6, 6.07) is 0. The molecule has 1 aliphatic rings. The molecule has 0 bridgehead atoms. The zero-order chi connectivity index (χ0) is 21.2. The van der Waals surface area contributed by atoms with E-state index in [0.29, 0.717) is 0 Å². The molecule has 0 amide bonds. The van der Waals surface area contributed by atoms with Crippen LogP contribution >= 0.6 is 0 Å². The molecule has 0 heteroatoms. The Morgan fingerprint density at radius 2 is 0.400 bits per heavy atom. The molecular weight excluding hydrogens is 360 g/mol. The summed E-state index contributed by atoms with van der Waals surface area (Å²) < 4.78 is 0. The zero-order valence-corrected chi connectivity index (χ0v) is 20.2. The van der Waals surface area contributed by atoms with Crippen molar-refractivity contribution in [2.24, 2.45) is 0 Å². The summed E-state index contributed by atoms with van der Waals surface area (Å²) >= 11 is 0. The fourth-order valence-corrected chi connectivity index (χ4v) is 4.31. The van der Waals surface area contributed by atoms with Crippen LogP contribution < -0.4 is 0 Å². The van der Waals surface area contributed by atoms with Gasteiger partial charge in [0.05, 0.1) is 0 Å². The topological polar surface area (TPSA) is 0 Å². The van der Waals surface area contributed by atoms with Crippen molar-refractivity contribution in [1.82, 2.24) is 0 Å². The lowest BCUT2D eigenvalue weighted by molar-refractivity contribution is 0.521. The van der Waals surface area contributed by atoms with Crippen LogP contribution in [0.3, 0.4) is 0 Å². The first kappa shape index (κ1) is 27.0. The van der Waals surface area contributed by atoms with Gasteiger partial charge in [-0.05, 0) is 25.7 Å². The summed E-state index contributed by atoms with van der Waals surface area (Å²) in [5, 5.41) is 0. The maximum absolute atomic E-state index is 2.32. The second-order valence-corrected chi connectivity index (χ2v) is 9.27. The Bertz CT molecular complexity index is 395. The average molecular weight is 413 g/mol. The van der Waals surface area contributed by atoms with Crippen molar-refractivity contribution in [2.75, 3.05) is 0 Å². The Labute approximate surface area is 190 Å². The van der Waals surface area contributed by atoms with Crippen LogP contribution in [0.2, 0.25) is 0 Å². The molecule has 0 saturated heterocycles. The van der Waals surface area contributed by atoms with Crippen molar-refractivity contribution in [3.63, 3.8) is 0 Å². The molecule has 0 aromatic rings. The van der Waals surface area contributed by atoms with Crippen molar-refractivity contribution in [3.05, 3.63) is 48.6 Å². The van der Waals surface area contributed by atoms with Crippen molar-refractivity contribution < 1.29 is 0 Å². The molecule has 30 heavy (non-hydrogen) atoms. The molecule has 1 rings (SSSR count). The van der Waals surface area contributed by atoms with Crippen molar-refractivity contribution in [3.8, 4) is 0 Å². The monoisotopic (exact) mass is 412 g/mol. The minimum Gasteiger partial charge on any atom is -0.0845 e. The molecule has 0 aromatic heterocycles. The first-order chi connectivity index (χ1) is 15.0. The summed E-state index contributed by atoms with van der Waals surface area (Å²) in [6.07, 6.45) is 49.0. The van der Waals surface area contributed by atoms with E-state index in [-0.39, 0.29) is 0 Å². The van der Waals surface area contributed by atoms with E-state index in [1.807, 2.05) is 0 Å². The van der Waals surface area contributed by atoms with Gasteiger partial charge in [-0.3, -0.25) is 0 Å². The second-order valence-electron chi connectivity index (χ2n) is 9.27. The smallest absolute Gasteiger partial charge is 0.0348 e. The zero-order valence-electron chi connectivity index (χ0n) is 20.2. The van der Waals surface area contributed by atoms with Gasteiger partial charge in [-0.25, -0.2) is 0 Å². The molecule has 0 N–H and O–H groups in total. The summed E-state index contributed by atoms with van der Waals surface area (Å²) in [4.78, 5) is 0. The lowest BCUT2D eigenvalue weighted by Gasteiger charge is -2.04. The van der Waals surface area contributed by atoms with Gasteiger partial charge in [0.2, 0.25) is 0 Å². The van der Waals surface area contributed by atoms with E-state index in [1.54, 1.807) is 0 Å². The highest BCUT2D eigenvalue weighted by molar-refractivity contribution is 5.15. The average Bonchev–Trinajstić information content (AvgIpc) is 2.76. The number of allylic oxidation sites excluding steroid dienone is 8. The fraction of sp³-hybridized carbons (Fsp3) is 0.733. The summed E-state index contributed by atoms with van der Waals surface area (Å²) in [5.41, 5.74) is 0. The minimum absolute atomic E-state index is 1.23. The summed E-state index contributed by atoms with van der Waals surface area (Å²) in [5.74, 6) is 0. The van der Waals surface area contributed by atoms with E-state index in [9.17, 15) is 0 Å². The molecule has 0 heterocycles. The molecule has 0 atom stereocenters. The first-order valence-electron chi connectivity index (χ1n) is 13.6. The Hall–Kier alpha value is -1.04. The Balaban J connectivity index is 2.15. The SMILES string of the molecule is C1=CCCCCCCCCCCCCCCCCCCCCCCC=C/C=C\C=C/1. The molecule has 0 fully saturated rings. The van der Waals surface area contributed by atoms with Gasteiger partial charge in [-0.2, -0.15) is 0 Å². The van der Waals surface area contributed by atoms with E-state index in [2.05, 4.69) is 48.6 Å². The van der Waals surface area contributed by atoms with Gasteiger partial charge in [-0.15, -0.1) is 0 Å². The Morgan fingerprint density at radius 1 is 0.200 bits per heavy atom. The molecule has 1 aliphatic carbocycles. The molecule has 0 saturated carbocycles. The molecule has 0 nitrogen and oxygen atoms in total. The summed E-state index contributed by atoms with van der Waals surface area (Å²) in [7, 11) is 0. The van der Waals surface area contributed by atoms with Gasteiger partial charge in [0.15, 0.2) is 0 Å². The maximum Gasteiger partial charge on any atom is -0.0348 e. The van der Waals surface area contributed by atoms with E-state index in [0.717, 1.165) is 0 Å². The van der Waals surface area contributed by atoms with Crippen LogP contribution in [0, 0.1) is 0 Å². The largest absolute Gasteiger partial charge is 0.0845 e. The molecule has 0 aromatic carbocycles. The van der Waals surface area contributed by atoms with Gasteiger partial charge >= 0.3 is 0 Å². The third-order valence-electron chi connectivity index (χ3n) is 6.32. The Kier molecular flexibility index (Phi) is 21.8. The van der Waals surface area contributed by atoms with E-state index >= 15 is 0 Å². The lowest BCUT2D eigenvalue weighted by atomic mass is 10.0. The lowest BCUT2D eigenvalue weighted by Crippen LogP contribution is -1.84. The van der Waals surface area contributed by atoms with Gasteiger partial charge in [0.25, 0.3) is 0 Å². The number of rotatable bonds is 0. The van der Waals surface area contributed by atoms with Crippen LogP contribution in [-0.4, -0.2) is 0 Å². The van der Waals surface area contributed by atoms with Crippen LogP contribution in [0.4, 0.5) is 0 Å². The molecule has 172 valence electrons. The van der Waals surface area contributed by atoms with Crippen LogP contribution in [0.15, 0.2) is 48.6 Å². The van der Waals surface area contributed by atoms with Crippen molar-refractivity contribution in [2.45, 2.75) is 141 Å². The molecule has 0 unspecified atom stereocenters. The van der Waals surface area contributed by atoms with Crippen LogP contribution in [0.5, 0.6) is 0 Å². The Morgan fingerprint density at radius 3 is 0.667 bits per heavy atom. The van der Waals surface area contributed by atoms with Crippen LogP contribution in [-0.2, 0) is 0 Å². The first-order valence-corrected chi connectivity index (χ1v) is 13.6. The van der Waals surface area contributed by atoms with Gasteiger partial charge in [-0.1, -0.05) is 164 Å².